The molecule has 0 bridgehead atoms. The van der Waals surface area contributed by atoms with Crippen LogP contribution in [0, 0.1) is 0 Å². The van der Waals surface area contributed by atoms with Crippen LogP contribution in [-0.2, 0) is 0 Å². The first-order valence-corrected chi connectivity index (χ1v) is 6.26. The van der Waals surface area contributed by atoms with Crippen molar-refractivity contribution in [2.45, 2.75) is 53.6 Å². The van der Waals surface area contributed by atoms with Crippen molar-refractivity contribution in [1.29, 1.82) is 0 Å². The molecule has 30 heavy (non-hydrogen) atoms. The number of alkyl halides is 19. The Labute approximate surface area is 150 Å². The molecule has 1 N–H and O–H groups in total. The van der Waals surface area contributed by atoms with Gasteiger partial charge in [0.1, 0.15) is 6.61 Å². The van der Waals surface area contributed by atoms with Gasteiger partial charge in [0.25, 0.3) is 0 Å². The van der Waals surface area contributed by atoms with E-state index in [0.717, 1.165) is 0 Å². The molecule has 0 aromatic carbocycles. The summed E-state index contributed by atoms with van der Waals surface area (Å²) in [5, 5.41) is 7.76. The van der Waals surface area contributed by atoms with Crippen LogP contribution in [0.2, 0.25) is 0 Å². The van der Waals surface area contributed by atoms with Crippen LogP contribution >= 0.6 is 0 Å². The molecule has 0 saturated heterocycles. The zero-order valence-corrected chi connectivity index (χ0v) is 12.8. The third-order valence-corrected chi connectivity index (χ3v) is 3.38. The summed E-state index contributed by atoms with van der Waals surface area (Å²) in [6, 6.07) is 0. The SMILES string of the molecule is OCC(F)(F)C(F)(F)C(F)(F)C(F)(F)C(F)(F)C(F)(F)C(F)(F)C(F)(F)C(F)(F)F. The third kappa shape index (κ3) is 3.23. The van der Waals surface area contributed by atoms with E-state index in [-0.39, 0.29) is 0 Å². The molecule has 0 unspecified atom stereocenters. The molecule has 0 fully saturated rings. The molecule has 0 atom stereocenters. The molecule has 0 aliphatic rings. The second kappa shape index (κ2) is 6.81. The highest BCUT2D eigenvalue weighted by Crippen LogP contribution is 2.65. The van der Waals surface area contributed by atoms with Crippen molar-refractivity contribution in [3.63, 3.8) is 0 Å². The van der Waals surface area contributed by atoms with Crippen molar-refractivity contribution in [3.05, 3.63) is 0 Å². The van der Waals surface area contributed by atoms with Crippen LogP contribution in [0.3, 0.4) is 0 Å². The van der Waals surface area contributed by atoms with Crippen LogP contribution in [-0.4, -0.2) is 65.3 Å². The Bertz CT molecular complexity index is 628. The van der Waals surface area contributed by atoms with Crippen molar-refractivity contribution in [2.24, 2.45) is 0 Å². The first-order chi connectivity index (χ1) is 12.6. The predicted molar refractivity (Wildman–Crippen MR) is 52.7 cm³/mol. The standard InChI is InChI=1S/C10H3F19O/c11-2(12,1-30)3(13,14)4(15,16)5(17,18)6(19,20)7(21,22)8(23,24)9(25,26)10(27,28)29/h30H,1H2. The summed E-state index contributed by atoms with van der Waals surface area (Å²) >= 11 is 0. The van der Waals surface area contributed by atoms with Gasteiger partial charge in [-0.15, -0.1) is 0 Å². The Kier molecular flexibility index (Phi) is 6.50. The Morgan fingerprint density at radius 2 is 0.533 bits per heavy atom. The summed E-state index contributed by atoms with van der Waals surface area (Å²) in [7, 11) is 0. The molecule has 0 heterocycles. The number of hydrogen-bond acceptors (Lipinski definition) is 1. The summed E-state index contributed by atoms with van der Waals surface area (Å²) in [5.74, 6) is -67.0. The zero-order valence-electron chi connectivity index (χ0n) is 12.8. The predicted octanol–water partition coefficient (Wildman–Crippen LogP) is 5.62. The minimum atomic E-state index is -8.93. The lowest BCUT2D eigenvalue weighted by molar-refractivity contribution is -0.469. The van der Waals surface area contributed by atoms with Crippen molar-refractivity contribution in [2.75, 3.05) is 6.61 Å². The van der Waals surface area contributed by atoms with E-state index in [1.165, 1.54) is 0 Å². The van der Waals surface area contributed by atoms with Crippen LogP contribution < -0.4 is 0 Å². The number of rotatable bonds is 8. The minimum absolute atomic E-state index is 3.55. The van der Waals surface area contributed by atoms with E-state index in [9.17, 15) is 83.4 Å². The lowest BCUT2D eigenvalue weighted by atomic mass is 9.87. The van der Waals surface area contributed by atoms with Gasteiger partial charge in [-0.2, -0.15) is 83.4 Å². The molecule has 0 radical (unpaired) electrons. The van der Waals surface area contributed by atoms with E-state index in [1.807, 2.05) is 0 Å². The molecule has 20 heteroatoms. The summed E-state index contributed by atoms with van der Waals surface area (Å²) < 4.78 is 241. The minimum Gasteiger partial charge on any atom is -0.390 e. The third-order valence-electron chi connectivity index (χ3n) is 3.38. The van der Waals surface area contributed by atoms with E-state index in [4.69, 9.17) is 5.11 Å². The van der Waals surface area contributed by atoms with Gasteiger partial charge in [-0.1, -0.05) is 0 Å². The normalized spacial score (nSPS) is 16.8. The van der Waals surface area contributed by atoms with Crippen LogP contribution in [0.4, 0.5) is 83.4 Å². The van der Waals surface area contributed by atoms with E-state index >= 15 is 0 Å². The second-order valence-corrected chi connectivity index (χ2v) is 5.38. The highest BCUT2D eigenvalue weighted by Gasteiger charge is 2.96. The molecule has 0 amide bonds. The Morgan fingerprint density at radius 1 is 0.333 bits per heavy atom. The van der Waals surface area contributed by atoms with Crippen molar-refractivity contribution >= 4 is 0 Å². The van der Waals surface area contributed by atoms with Crippen molar-refractivity contribution in [1.82, 2.24) is 0 Å². The maximum absolute atomic E-state index is 13.1. The molecule has 182 valence electrons. The van der Waals surface area contributed by atoms with Gasteiger partial charge in [0.05, 0.1) is 0 Å². The lowest BCUT2D eigenvalue weighted by Gasteiger charge is -2.43. The average Bonchev–Trinajstić information content (AvgIpc) is 2.52. The van der Waals surface area contributed by atoms with Crippen LogP contribution in [0.15, 0.2) is 0 Å². The first-order valence-electron chi connectivity index (χ1n) is 6.26. The fraction of sp³-hybridized carbons (Fsp3) is 1.00. The van der Waals surface area contributed by atoms with Gasteiger partial charge in [0.15, 0.2) is 0 Å². The summed E-state index contributed by atoms with van der Waals surface area (Å²) in [5.41, 5.74) is 0. The second-order valence-electron chi connectivity index (χ2n) is 5.38. The van der Waals surface area contributed by atoms with Crippen LogP contribution in [0.5, 0.6) is 0 Å². The number of aliphatic hydroxyl groups is 1. The van der Waals surface area contributed by atoms with Crippen LogP contribution in [0.25, 0.3) is 0 Å². The topological polar surface area (TPSA) is 20.2 Å². The van der Waals surface area contributed by atoms with E-state index in [0.29, 0.717) is 0 Å². The molecule has 0 aromatic rings. The molecular formula is C10H3F19O. The maximum atomic E-state index is 13.1. The fourth-order valence-electron chi connectivity index (χ4n) is 1.49. The van der Waals surface area contributed by atoms with Gasteiger partial charge in [0, 0.05) is 0 Å². The fourth-order valence-corrected chi connectivity index (χ4v) is 1.49. The number of halogens is 19. The summed E-state index contributed by atoms with van der Waals surface area (Å²) in [4.78, 5) is 0. The Balaban J connectivity index is 6.85. The smallest absolute Gasteiger partial charge is 0.390 e. The Morgan fingerprint density at radius 3 is 0.733 bits per heavy atom. The van der Waals surface area contributed by atoms with Gasteiger partial charge in [-0.05, 0) is 0 Å². The van der Waals surface area contributed by atoms with E-state index < -0.39 is 60.2 Å². The van der Waals surface area contributed by atoms with Crippen LogP contribution in [0.1, 0.15) is 0 Å². The molecule has 0 aromatic heterocycles. The molecule has 0 spiro atoms. The summed E-state index contributed by atoms with van der Waals surface area (Å²) in [6.07, 6.45) is -7.90. The maximum Gasteiger partial charge on any atom is 0.460 e. The number of aliphatic hydroxyl groups excluding tert-OH is 1. The molecular weight excluding hydrogens is 497 g/mol. The number of hydrogen-bond donors (Lipinski definition) is 1. The van der Waals surface area contributed by atoms with Gasteiger partial charge < -0.3 is 5.11 Å². The molecule has 1 nitrogen and oxygen atoms in total. The van der Waals surface area contributed by atoms with Gasteiger partial charge in [0.2, 0.25) is 0 Å². The van der Waals surface area contributed by atoms with E-state index in [2.05, 4.69) is 0 Å². The largest absolute Gasteiger partial charge is 0.460 e. The zero-order chi connectivity index (χ0) is 25.2. The first kappa shape index (κ1) is 28.6. The molecule has 0 aliphatic heterocycles. The van der Waals surface area contributed by atoms with E-state index in [1.54, 1.807) is 0 Å². The van der Waals surface area contributed by atoms with Crippen molar-refractivity contribution < 1.29 is 88.5 Å². The molecule has 0 aliphatic carbocycles. The van der Waals surface area contributed by atoms with Gasteiger partial charge in [-0.3, -0.25) is 0 Å². The highest BCUT2D eigenvalue weighted by molar-refractivity contribution is 5.16. The van der Waals surface area contributed by atoms with Crippen molar-refractivity contribution in [3.8, 4) is 0 Å². The lowest BCUT2D eigenvalue weighted by Crippen LogP contribution is -2.76. The quantitative estimate of drug-likeness (QED) is 0.429. The molecule has 0 rings (SSSR count). The highest BCUT2D eigenvalue weighted by atomic mass is 19.4. The average molecular weight is 500 g/mol. The monoisotopic (exact) mass is 500 g/mol. The van der Waals surface area contributed by atoms with Gasteiger partial charge >= 0.3 is 53.6 Å². The summed E-state index contributed by atoms with van der Waals surface area (Å²) in [6.45, 7) is -3.55. The van der Waals surface area contributed by atoms with Gasteiger partial charge in [-0.25, -0.2) is 0 Å². The molecule has 0 saturated carbocycles. The Hall–Kier alpha value is -1.37.